The van der Waals surface area contributed by atoms with Crippen molar-refractivity contribution in [3.05, 3.63) is 54.1 Å². The van der Waals surface area contributed by atoms with Gasteiger partial charge in [0.05, 0.1) is 13.2 Å². The van der Waals surface area contributed by atoms with Gasteiger partial charge in [0.25, 0.3) is 5.91 Å². The van der Waals surface area contributed by atoms with Gasteiger partial charge in [0.2, 0.25) is 0 Å². The molecule has 2 aromatic rings. The van der Waals surface area contributed by atoms with Crippen molar-refractivity contribution in [2.75, 3.05) is 46.9 Å². The van der Waals surface area contributed by atoms with E-state index in [-0.39, 0.29) is 11.7 Å². The van der Waals surface area contributed by atoms with Gasteiger partial charge in [-0.3, -0.25) is 4.79 Å². The number of hydrogen-bond acceptors (Lipinski definition) is 4. The van der Waals surface area contributed by atoms with E-state index in [1.165, 1.54) is 0 Å². The molecule has 5 nitrogen and oxygen atoms in total. The zero-order valence-electron chi connectivity index (χ0n) is 15.4. The van der Waals surface area contributed by atoms with Crippen molar-refractivity contribution in [2.24, 2.45) is 5.92 Å². The Hall–Kier alpha value is -2.37. The molecule has 1 fully saturated rings. The molecule has 0 saturated carbocycles. The minimum absolute atomic E-state index is 0.0416. The summed E-state index contributed by atoms with van der Waals surface area (Å²) >= 11 is 0. The van der Waals surface area contributed by atoms with Gasteiger partial charge < -0.3 is 19.6 Å². The minimum Gasteiger partial charge on any atom is -0.508 e. The predicted octanol–water partition coefficient (Wildman–Crippen LogP) is 2.71. The lowest BCUT2D eigenvalue weighted by Crippen LogP contribution is -2.38. The Morgan fingerprint density at radius 1 is 1.19 bits per heavy atom. The number of phenolic OH excluding ortho intramolecular Hbond substituents is 1. The van der Waals surface area contributed by atoms with Crippen LogP contribution in [-0.2, 0) is 4.74 Å². The fourth-order valence-electron chi connectivity index (χ4n) is 3.36. The van der Waals surface area contributed by atoms with E-state index in [1.807, 2.05) is 55.4 Å². The Bertz CT molecular complexity index is 743. The van der Waals surface area contributed by atoms with Crippen molar-refractivity contribution >= 4 is 5.91 Å². The Labute approximate surface area is 154 Å². The average molecular weight is 354 g/mol. The molecule has 1 N–H and O–H groups in total. The average Bonchev–Trinajstić information content (AvgIpc) is 2.87. The molecule has 138 valence electrons. The number of rotatable bonds is 4. The van der Waals surface area contributed by atoms with Crippen LogP contribution in [-0.4, -0.2) is 67.8 Å². The fourth-order valence-corrected chi connectivity index (χ4v) is 3.36. The molecule has 3 rings (SSSR count). The summed E-state index contributed by atoms with van der Waals surface area (Å²) < 4.78 is 5.68. The highest BCUT2D eigenvalue weighted by Crippen LogP contribution is 2.23. The maximum Gasteiger partial charge on any atom is 0.253 e. The second-order valence-electron chi connectivity index (χ2n) is 7.08. The molecule has 1 aliphatic rings. The van der Waals surface area contributed by atoms with Crippen LogP contribution in [0.25, 0.3) is 11.1 Å². The smallest absolute Gasteiger partial charge is 0.253 e. The summed E-state index contributed by atoms with van der Waals surface area (Å²) in [6, 6.07) is 14.7. The van der Waals surface area contributed by atoms with E-state index in [4.69, 9.17) is 4.74 Å². The van der Waals surface area contributed by atoms with Gasteiger partial charge in [-0.25, -0.2) is 0 Å². The lowest BCUT2D eigenvalue weighted by molar-refractivity contribution is 0.0735. The normalized spacial score (nSPS) is 18.0. The number of amides is 1. The van der Waals surface area contributed by atoms with E-state index in [2.05, 4.69) is 4.90 Å². The van der Waals surface area contributed by atoms with E-state index in [0.29, 0.717) is 37.8 Å². The quantitative estimate of drug-likeness (QED) is 0.917. The number of aromatic hydroxyl groups is 1. The van der Waals surface area contributed by atoms with Crippen LogP contribution in [0.1, 0.15) is 10.4 Å². The van der Waals surface area contributed by atoms with Crippen molar-refractivity contribution in [3.8, 4) is 16.9 Å². The van der Waals surface area contributed by atoms with Crippen molar-refractivity contribution in [1.82, 2.24) is 9.80 Å². The van der Waals surface area contributed by atoms with Gasteiger partial charge in [-0.1, -0.05) is 24.3 Å². The number of phenols is 1. The number of carbonyl (C=O) groups is 1. The van der Waals surface area contributed by atoms with Gasteiger partial charge in [0, 0.05) is 31.1 Å². The highest BCUT2D eigenvalue weighted by atomic mass is 16.5. The summed E-state index contributed by atoms with van der Waals surface area (Å²) in [6.07, 6.45) is 0. The molecule has 1 saturated heterocycles. The van der Waals surface area contributed by atoms with Gasteiger partial charge in [0.15, 0.2) is 0 Å². The summed E-state index contributed by atoms with van der Waals surface area (Å²) in [7, 11) is 4.08. The molecule has 1 aliphatic heterocycles. The van der Waals surface area contributed by atoms with Crippen LogP contribution < -0.4 is 0 Å². The first-order chi connectivity index (χ1) is 12.5. The van der Waals surface area contributed by atoms with Crippen LogP contribution in [0.15, 0.2) is 48.5 Å². The van der Waals surface area contributed by atoms with Crippen LogP contribution in [0, 0.1) is 5.92 Å². The zero-order valence-corrected chi connectivity index (χ0v) is 15.4. The van der Waals surface area contributed by atoms with E-state index in [1.54, 1.807) is 12.1 Å². The second-order valence-corrected chi connectivity index (χ2v) is 7.08. The molecule has 0 aliphatic carbocycles. The zero-order chi connectivity index (χ0) is 18.5. The third kappa shape index (κ3) is 4.62. The number of ether oxygens (including phenoxy) is 1. The number of carbonyl (C=O) groups excluding carboxylic acids is 1. The van der Waals surface area contributed by atoms with Gasteiger partial charge in [-0.05, 0) is 49.5 Å². The SMILES string of the molecule is CN(C)C[C@@H]1COCCN(C(=O)c2cccc(-c3ccc(O)cc3)c2)C1. The van der Waals surface area contributed by atoms with Crippen LogP contribution in [0.2, 0.25) is 0 Å². The number of benzene rings is 2. The predicted molar refractivity (Wildman–Crippen MR) is 102 cm³/mol. The Morgan fingerprint density at radius 2 is 1.96 bits per heavy atom. The van der Waals surface area contributed by atoms with E-state index >= 15 is 0 Å². The van der Waals surface area contributed by atoms with Gasteiger partial charge >= 0.3 is 0 Å². The Balaban J connectivity index is 1.78. The molecular weight excluding hydrogens is 328 g/mol. The van der Waals surface area contributed by atoms with Crippen molar-refractivity contribution < 1.29 is 14.6 Å². The van der Waals surface area contributed by atoms with Crippen LogP contribution >= 0.6 is 0 Å². The summed E-state index contributed by atoms with van der Waals surface area (Å²) in [5, 5.41) is 9.45. The summed E-state index contributed by atoms with van der Waals surface area (Å²) in [5.74, 6) is 0.592. The van der Waals surface area contributed by atoms with Crippen LogP contribution in [0.3, 0.4) is 0 Å². The fraction of sp³-hybridized carbons (Fsp3) is 0.381. The van der Waals surface area contributed by atoms with Crippen LogP contribution in [0.5, 0.6) is 5.75 Å². The lowest BCUT2D eigenvalue weighted by Gasteiger charge is -2.25. The molecule has 26 heavy (non-hydrogen) atoms. The molecule has 0 bridgehead atoms. The third-order valence-corrected chi connectivity index (χ3v) is 4.56. The van der Waals surface area contributed by atoms with E-state index < -0.39 is 0 Å². The number of nitrogens with zero attached hydrogens (tertiary/aromatic N) is 2. The summed E-state index contributed by atoms with van der Waals surface area (Å²) in [4.78, 5) is 17.1. The standard InChI is InChI=1S/C21H26N2O3/c1-22(2)13-16-14-23(10-11-26-15-16)21(25)19-5-3-4-18(12-19)17-6-8-20(24)9-7-17/h3-9,12,16,24H,10-11,13-15H2,1-2H3/t16-/m0/s1. The van der Waals surface area contributed by atoms with Gasteiger partial charge in [-0.2, -0.15) is 0 Å². The molecule has 0 radical (unpaired) electrons. The maximum atomic E-state index is 13.0. The van der Waals surface area contributed by atoms with Gasteiger partial charge in [-0.15, -0.1) is 0 Å². The lowest BCUT2D eigenvalue weighted by atomic mass is 10.0. The third-order valence-electron chi connectivity index (χ3n) is 4.56. The molecular formula is C21H26N2O3. The molecule has 1 atom stereocenters. The largest absolute Gasteiger partial charge is 0.508 e. The first-order valence-electron chi connectivity index (χ1n) is 8.94. The first kappa shape index (κ1) is 18.4. The van der Waals surface area contributed by atoms with E-state index in [0.717, 1.165) is 17.7 Å². The second kappa shape index (κ2) is 8.34. The highest BCUT2D eigenvalue weighted by Gasteiger charge is 2.24. The van der Waals surface area contributed by atoms with Crippen molar-refractivity contribution in [1.29, 1.82) is 0 Å². The summed E-state index contributed by atoms with van der Waals surface area (Å²) in [6.45, 7) is 3.49. The topological polar surface area (TPSA) is 53.0 Å². The van der Waals surface area contributed by atoms with E-state index in [9.17, 15) is 9.90 Å². The highest BCUT2D eigenvalue weighted by molar-refractivity contribution is 5.95. The molecule has 0 unspecified atom stereocenters. The van der Waals surface area contributed by atoms with Crippen LogP contribution in [0.4, 0.5) is 0 Å². The molecule has 5 heteroatoms. The minimum atomic E-state index is 0.0416. The molecule has 2 aromatic carbocycles. The maximum absolute atomic E-state index is 13.0. The number of hydrogen-bond donors (Lipinski definition) is 1. The van der Waals surface area contributed by atoms with Gasteiger partial charge in [0.1, 0.15) is 5.75 Å². The first-order valence-corrected chi connectivity index (χ1v) is 8.94. The molecule has 1 heterocycles. The molecule has 1 amide bonds. The molecule has 0 spiro atoms. The van der Waals surface area contributed by atoms with Crippen molar-refractivity contribution in [2.45, 2.75) is 0 Å². The molecule has 0 aromatic heterocycles. The van der Waals surface area contributed by atoms with Crippen molar-refractivity contribution in [3.63, 3.8) is 0 Å². The Morgan fingerprint density at radius 3 is 2.69 bits per heavy atom. The summed E-state index contributed by atoms with van der Waals surface area (Å²) in [5.41, 5.74) is 2.62. The monoisotopic (exact) mass is 354 g/mol. The Kier molecular flexibility index (Phi) is 5.91.